The van der Waals surface area contributed by atoms with Crippen molar-refractivity contribution in [1.82, 2.24) is 4.90 Å². The Morgan fingerprint density at radius 1 is 1.04 bits per heavy atom. The second-order valence-electron chi connectivity index (χ2n) is 8.13. The minimum absolute atomic E-state index is 0.0696. The lowest BCUT2D eigenvalue weighted by molar-refractivity contribution is 0.145. The predicted molar refractivity (Wildman–Crippen MR) is 102 cm³/mol. The fourth-order valence-electron chi connectivity index (χ4n) is 4.96. The van der Waals surface area contributed by atoms with E-state index in [9.17, 15) is 0 Å². The van der Waals surface area contributed by atoms with Gasteiger partial charge in [-0.05, 0) is 61.3 Å². The summed E-state index contributed by atoms with van der Waals surface area (Å²) in [7, 11) is 0. The van der Waals surface area contributed by atoms with E-state index in [-0.39, 0.29) is 6.10 Å². The number of ether oxygens (including phenoxy) is 2. The van der Waals surface area contributed by atoms with Crippen LogP contribution in [0.1, 0.15) is 62.8 Å². The maximum Gasteiger partial charge on any atom is 0.293 e. The molecule has 0 N–H and O–H groups in total. The Morgan fingerprint density at radius 2 is 1.88 bits per heavy atom. The molecule has 3 fully saturated rings. The number of aliphatic imine (C=N–C) groups is 1. The van der Waals surface area contributed by atoms with Gasteiger partial charge in [-0.25, -0.2) is 4.99 Å². The molecule has 4 nitrogen and oxygen atoms in total. The Hall–Kier alpha value is -1.97. The van der Waals surface area contributed by atoms with Crippen molar-refractivity contribution in [2.75, 3.05) is 13.2 Å². The number of benzene rings is 1. The number of hydrogen-bond donors (Lipinski definition) is 0. The Labute approximate surface area is 155 Å². The van der Waals surface area contributed by atoms with E-state index in [2.05, 4.69) is 34.2 Å². The van der Waals surface area contributed by atoms with Gasteiger partial charge in [0.1, 0.15) is 12.4 Å². The molecule has 4 aliphatic rings. The molecular formula is C22H28N2O2. The van der Waals surface area contributed by atoms with Crippen LogP contribution in [0, 0.1) is 0 Å². The van der Waals surface area contributed by atoms with Gasteiger partial charge in [-0.3, -0.25) is 0 Å². The first-order valence-electron chi connectivity index (χ1n) is 10.3. The van der Waals surface area contributed by atoms with Gasteiger partial charge >= 0.3 is 0 Å². The molecule has 0 aromatic heterocycles. The lowest BCUT2D eigenvalue weighted by Gasteiger charge is -2.27. The fourth-order valence-corrected chi connectivity index (χ4v) is 4.96. The SMILES string of the molecule is C1=C2CCCC2N2CC(COc3ccc(C4CCCCC4)cc3)OC2=N1. The lowest BCUT2D eigenvalue weighted by atomic mass is 9.84. The predicted octanol–water partition coefficient (Wildman–Crippen LogP) is 4.62. The van der Waals surface area contributed by atoms with Crippen molar-refractivity contribution in [3.05, 3.63) is 41.6 Å². The highest BCUT2D eigenvalue weighted by Gasteiger charge is 2.39. The third-order valence-electron chi connectivity index (χ3n) is 6.40. The highest BCUT2D eigenvalue weighted by atomic mass is 16.6. The van der Waals surface area contributed by atoms with E-state index in [0.29, 0.717) is 12.6 Å². The Kier molecular flexibility index (Phi) is 4.35. The second-order valence-corrected chi connectivity index (χ2v) is 8.13. The van der Waals surface area contributed by atoms with E-state index in [1.807, 2.05) is 6.20 Å². The average Bonchev–Trinajstić information content (AvgIpc) is 3.33. The van der Waals surface area contributed by atoms with Crippen LogP contribution in [0.15, 0.2) is 41.0 Å². The third-order valence-corrected chi connectivity index (χ3v) is 6.40. The summed E-state index contributed by atoms with van der Waals surface area (Å²) in [6.45, 7) is 1.47. The Bertz CT molecular complexity index is 703. The number of fused-ring (bicyclic) bond motifs is 3. The normalized spacial score (nSPS) is 28.1. The number of rotatable bonds is 4. The maximum absolute atomic E-state index is 6.03. The van der Waals surface area contributed by atoms with Crippen molar-refractivity contribution in [1.29, 1.82) is 0 Å². The topological polar surface area (TPSA) is 34.1 Å². The van der Waals surface area contributed by atoms with Gasteiger partial charge in [0.2, 0.25) is 0 Å². The summed E-state index contributed by atoms with van der Waals surface area (Å²) in [5.74, 6) is 1.69. The van der Waals surface area contributed by atoms with Crippen LogP contribution in [-0.2, 0) is 4.74 Å². The molecule has 4 heteroatoms. The number of nitrogens with zero attached hydrogens (tertiary/aromatic N) is 2. The van der Waals surface area contributed by atoms with E-state index in [4.69, 9.17) is 9.47 Å². The Balaban J connectivity index is 1.16. The zero-order valence-corrected chi connectivity index (χ0v) is 15.4. The molecule has 2 aliphatic carbocycles. The van der Waals surface area contributed by atoms with Crippen molar-refractivity contribution in [2.45, 2.75) is 69.4 Å². The molecule has 1 saturated heterocycles. The van der Waals surface area contributed by atoms with Crippen LogP contribution in [0.3, 0.4) is 0 Å². The zero-order chi connectivity index (χ0) is 17.3. The zero-order valence-electron chi connectivity index (χ0n) is 15.4. The highest BCUT2D eigenvalue weighted by Crippen LogP contribution is 2.35. The first kappa shape index (κ1) is 16.2. The summed E-state index contributed by atoms with van der Waals surface area (Å²) in [5.41, 5.74) is 2.94. The average molecular weight is 352 g/mol. The standard InChI is InChI=1S/C22H28N2O2/c1-2-5-16(6-3-1)17-9-11-19(12-10-17)25-15-20-14-24-21-8-4-7-18(21)13-23-22(24)26-20/h9-13,16,20-21H,1-8,14-15H2. The lowest BCUT2D eigenvalue weighted by Crippen LogP contribution is -2.38. The molecular weight excluding hydrogens is 324 g/mol. The minimum atomic E-state index is 0.0696. The summed E-state index contributed by atoms with van der Waals surface area (Å²) in [5, 5.41) is 0. The second kappa shape index (κ2) is 6.98. The molecule has 1 aromatic carbocycles. The van der Waals surface area contributed by atoms with Crippen LogP contribution >= 0.6 is 0 Å². The van der Waals surface area contributed by atoms with Crippen molar-refractivity contribution in [2.24, 2.45) is 4.99 Å². The monoisotopic (exact) mass is 352 g/mol. The largest absolute Gasteiger partial charge is 0.490 e. The fraction of sp³-hybridized carbons (Fsp3) is 0.591. The van der Waals surface area contributed by atoms with E-state index >= 15 is 0 Å². The number of hydrogen-bond acceptors (Lipinski definition) is 4. The summed E-state index contributed by atoms with van der Waals surface area (Å²) < 4.78 is 12.0. The van der Waals surface area contributed by atoms with E-state index in [0.717, 1.165) is 24.2 Å². The molecule has 1 aromatic rings. The molecule has 2 heterocycles. The van der Waals surface area contributed by atoms with Crippen LogP contribution in [-0.4, -0.2) is 36.2 Å². The quantitative estimate of drug-likeness (QED) is 0.793. The molecule has 0 spiro atoms. The molecule has 26 heavy (non-hydrogen) atoms. The summed E-state index contributed by atoms with van der Waals surface area (Å²) in [6.07, 6.45) is 12.6. The van der Waals surface area contributed by atoms with Crippen LogP contribution < -0.4 is 4.74 Å². The van der Waals surface area contributed by atoms with Crippen molar-refractivity contribution in [3.63, 3.8) is 0 Å². The van der Waals surface area contributed by atoms with E-state index in [1.54, 1.807) is 0 Å². The van der Waals surface area contributed by atoms with Gasteiger partial charge < -0.3 is 14.4 Å². The maximum atomic E-state index is 6.03. The van der Waals surface area contributed by atoms with E-state index < -0.39 is 0 Å². The van der Waals surface area contributed by atoms with Gasteiger partial charge in [0.15, 0.2) is 6.10 Å². The summed E-state index contributed by atoms with van der Waals surface area (Å²) >= 11 is 0. The third kappa shape index (κ3) is 3.10. The molecule has 5 rings (SSSR count). The molecule has 0 radical (unpaired) electrons. The Morgan fingerprint density at radius 3 is 2.73 bits per heavy atom. The van der Waals surface area contributed by atoms with Crippen LogP contribution in [0.5, 0.6) is 5.75 Å². The van der Waals surface area contributed by atoms with Crippen LogP contribution in [0.4, 0.5) is 0 Å². The van der Waals surface area contributed by atoms with Gasteiger partial charge in [-0.15, -0.1) is 0 Å². The van der Waals surface area contributed by atoms with Gasteiger partial charge in [0.25, 0.3) is 6.02 Å². The smallest absolute Gasteiger partial charge is 0.293 e. The molecule has 2 atom stereocenters. The van der Waals surface area contributed by atoms with E-state index in [1.165, 1.54) is 62.5 Å². The van der Waals surface area contributed by atoms with Gasteiger partial charge in [-0.2, -0.15) is 0 Å². The van der Waals surface area contributed by atoms with Crippen molar-refractivity contribution < 1.29 is 9.47 Å². The minimum Gasteiger partial charge on any atom is -0.490 e. The van der Waals surface area contributed by atoms with Crippen LogP contribution in [0.25, 0.3) is 0 Å². The molecule has 0 bridgehead atoms. The first-order valence-corrected chi connectivity index (χ1v) is 10.3. The van der Waals surface area contributed by atoms with Gasteiger partial charge in [0.05, 0.1) is 12.6 Å². The van der Waals surface area contributed by atoms with Gasteiger partial charge in [-0.1, -0.05) is 31.4 Å². The number of amidine groups is 1. The van der Waals surface area contributed by atoms with Crippen molar-refractivity contribution in [3.8, 4) is 5.75 Å². The highest BCUT2D eigenvalue weighted by molar-refractivity contribution is 5.78. The van der Waals surface area contributed by atoms with Crippen molar-refractivity contribution >= 4 is 6.02 Å². The van der Waals surface area contributed by atoms with Gasteiger partial charge in [0, 0.05) is 6.20 Å². The summed E-state index contributed by atoms with van der Waals surface area (Å²) in [4.78, 5) is 6.84. The summed E-state index contributed by atoms with van der Waals surface area (Å²) in [6, 6.07) is 10.1. The molecule has 2 saturated carbocycles. The molecule has 2 unspecified atom stereocenters. The molecule has 138 valence electrons. The molecule has 0 amide bonds. The molecule has 2 aliphatic heterocycles. The van der Waals surface area contributed by atoms with Crippen LogP contribution in [0.2, 0.25) is 0 Å². The first-order chi connectivity index (χ1) is 12.9.